The third kappa shape index (κ3) is 5.43. The molecular formula is C17H35NO. The highest BCUT2D eigenvalue weighted by Crippen LogP contribution is 2.34. The average molecular weight is 269 g/mol. The minimum Gasteiger partial charge on any atom is -0.393 e. The molecule has 0 heterocycles. The van der Waals surface area contributed by atoms with Gasteiger partial charge in [0, 0.05) is 12.6 Å². The van der Waals surface area contributed by atoms with E-state index in [1.54, 1.807) is 0 Å². The Balaban J connectivity index is 2.48. The number of hydrogen-bond donors (Lipinski definition) is 1. The molecule has 19 heavy (non-hydrogen) atoms. The van der Waals surface area contributed by atoms with Gasteiger partial charge in [0.2, 0.25) is 0 Å². The largest absolute Gasteiger partial charge is 0.393 e. The van der Waals surface area contributed by atoms with Crippen LogP contribution in [-0.2, 0) is 0 Å². The van der Waals surface area contributed by atoms with E-state index in [4.69, 9.17) is 0 Å². The molecule has 1 saturated carbocycles. The van der Waals surface area contributed by atoms with Crippen LogP contribution in [0.25, 0.3) is 0 Å². The van der Waals surface area contributed by atoms with E-state index in [0.29, 0.717) is 12.0 Å². The van der Waals surface area contributed by atoms with Crippen molar-refractivity contribution in [1.29, 1.82) is 0 Å². The van der Waals surface area contributed by atoms with E-state index in [9.17, 15) is 5.11 Å². The third-order valence-electron chi connectivity index (χ3n) is 5.01. The standard InChI is InChI=1S/C17H35NO/c1-12(2)9-14(5)18(6)11-16-10-15(13(3)4)7-8-17(16)19/h12-17,19H,7-11H2,1-6H3. The van der Waals surface area contributed by atoms with E-state index in [1.165, 1.54) is 19.3 Å². The van der Waals surface area contributed by atoms with Crippen LogP contribution in [0, 0.1) is 23.7 Å². The van der Waals surface area contributed by atoms with Crippen LogP contribution in [0.2, 0.25) is 0 Å². The Hall–Kier alpha value is -0.0800. The molecule has 0 radical (unpaired) electrons. The molecule has 2 heteroatoms. The van der Waals surface area contributed by atoms with Crippen molar-refractivity contribution in [2.24, 2.45) is 23.7 Å². The zero-order valence-corrected chi connectivity index (χ0v) is 13.9. The maximum absolute atomic E-state index is 10.3. The molecule has 4 atom stereocenters. The van der Waals surface area contributed by atoms with Crippen LogP contribution in [0.5, 0.6) is 0 Å². The van der Waals surface area contributed by atoms with Crippen LogP contribution < -0.4 is 0 Å². The van der Waals surface area contributed by atoms with Gasteiger partial charge in [-0.05, 0) is 63.3 Å². The number of hydrogen-bond acceptors (Lipinski definition) is 2. The van der Waals surface area contributed by atoms with E-state index in [2.05, 4.69) is 46.6 Å². The Morgan fingerprint density at radius 2 is 1.74 bits per heavy atom. The Bertz CT molecular complexity index is 252. The molecule has 1 fully saturated rings. The summed E-state index contributed by atoms with van der Waals surface area (Å²) >= 11 is 0. The number of nitrogens with zero attached hydrogens (tertiary/aromatic N) is 1. The fourth-order valence-electron chi connectivity index (χ4n) is 3.50. The monoisotopic (exact) mass is 269 g/mol. The predicted molar refractivity (Wildman–Crippen MR) is 83.2 cm³/mol. The molecule has 1 aliphatic rings. The molecule has 0 spiro atoms. The van der Waals surface area contributed by atoms with Gasteiger partial charge in [0.15, 0.2) is 0 Å². The molecule has 0 aliphatic heterocycles. The molecule has 0 aromatic rings. The van der Waals surface area contributed by atoms with Gasteiger partial charge in [-0.25, -0.2) is 0 Å². The molecule has 1 rings (SSSR count). The van der Waals surface area contributed by atoms with Crippen molar-refractivity contribution in [3.05, 3.63) is 0 Å². The molecular weight excluding hydrogens is 234 g/mol. The van der Waals surface area contributed by atoms with Gasteiger partial charge >= 0.3 is 0 Å². The topological polar surface area (TPSA) is 23.5 Å². The van der Waals surface area contributed by atoms with Gasteiger partial charge in [0.25, 0.3) is 0 Å². The summed E-state index contributed by atoms with van der Waals surface area (Å²) in [6.07, 6.45) is 4.58. The summed E-state index contributed by atoms with van der Waals surface area (Å²) in [7, 11) is 2.22. The molecule has 0 amide bonds. The average Bonchev–Trinajstić information content (AvgIpc) is 2.30. The first-order valence-corrected chi connectivity index (χ1v) is 8.19. The van der Waals surface area contributed by atoms with Gasteiger partial charge in [0.1, 0.15) is 0 Å². The number of aliphatic hydroxyl groups is 1. The lowest BCUT2D eigenvalue weighted by Gasteiger charge is -2.38. The molecule has 0 bridgehead atoms. The maximum atomic E-state index is 10.3. The molecule has 1 aliphatic carbocycles. The summed E-state index contributed by atoms with van der Waals surface area (Å²) in [6.45, 7) is 12.6. The van der Waals surface area contributed by atoms with Crippen molar-refractivity contribution < 1.29 is 5.11 Å². The van der Waals surface area contributed by atoms with Gasteiger partial charge in [-0.1, -0.05) is 27.7 Å². The second-order valence-electron chi connectivity index (χ2n) is 7.56. The van der Waals surface area contributed by atoms with E-state index in [0.717, 1.165) is 30.7 Å². The summed E-state index contributed by atoms with van der Waals surface area (Å²) in [4.78, 5) is 2.45. The Kier molecular flexibility index (Phi) is 6.82. The van der Waals surface area contributed by atoms with Crippen LogP contribution >= 0.6 is 0 Å². The van der Waals surface area contributed by atoms with E-state index in [1.807, 2.05) is 0 Å². The lowest BCUT2D eigenvalue weighted by molar-refractivity contribution is 0.0160. The lowest BCUT2D eigenvalue weighted by atomic mass is 9.74. The zero-order chi connectivity index (χ0) is 14.6. The highest BCUT2D eigenvalue weighted by atomic mass is 16.3. The smallest absolute Gasteiger partial charge is 0.0580 e. The number of rotatable bonds is 6. The summed E-state index contributed by atoms with van der Waals surface area (Å²) in [5, 5.41) is 10.3. The minimum absolute atomic E-state index is 0.0799. The van der Waals surface area contributed by atoms with Crippen LogP contribution in [0.15, 0.2) is 0 Å². The third-order valence-corrected chi connectivity index (χ3v) is 5.01. The molecule has 2 nitrogen and oxygen atoms in total. The van der Waals surface area contributed by atoms with E-state index < -0.39 is 0 Å². The van der Waals surface area contributed by atoms with Crippen molar-refractivity contribution in [2.45, 2.75) is 72.4 Å². The van der Waals surface area contributed by atoms with Crippen molar-refractivity contribution in [3.8, 4) is 0 Å². The van der Waals surface area contributed by atoms with Crippen LogP contribution in [0.4, 0.5) is 0 Å². The van der Waals surface area contributed by atoms with Crippen molar-refractivity contribution in [2.75, 3.05) is 13.6 Å². The lowest BCUT2D eigenvalue weighted by Crippen LogP contribution is -2.41. The number of aliphatic hydroxyl groups excluding tert-OH is 1. The SMILES string of the molecule is CC(C)CC(C)N(C)CC1CC(C(C)C)CCC1O. The molecule has 4 unspecified atom stereocenters. The van der Waals surface area contributed by atoms with Gasteiger partial charge < -0.3 is 10.0 Å². The second-order valence-corrected chi connectivity index (χ2v) is 7.56. The summed E-state index contributed by atoms with van der Waals surface area (Å²) < 4.78 is 0. The highest BCUT2D eigenvalue weighted by molar-refractivity contribution is 4.83. The van der Waals surface area contributed by atoms with Crippen LogP contribution in [-0.4, -0.2) is 35.7 Å². The first-order valence-electron chi connectivity index (χ1n) is 8.19. The first kappa shape index (κ1) is 17.0. The van der Waals surface area contributed by atoms with Crippen molar-refractivity contribution >= 4 is 0 Å². The first-order chi connectivity index (χ1) is 8.81. The highest BCUT2D eigenvalue weighted by Gasteiger charge is 2.31. The molecule has 0 aromatic carbocycles. The van der Waals surface area contributed by atoms with Gasteiger partial charge in [-0.3, -0.25) is 0 Å². The Morgan fingerprint density at radius 3 is 2.26 bits per heavy atom. The second kappa shape index (κ2) is 7.64. The fraction of sp³-hybridized carbons (Fsp3) is 1.00. The van der Waals surface area contributed by atoms with Crippen molar-refractivity contribution in [3.63, 3.8) is 0 Å². The zero-order valence-electron chi connectivity index (χ0n) is 13.9. The fourth-order valence-corrected chi connectivity index (χ4v) is 3.50. The maximum Gasteiger partial charge on any atom is 0.0580 e. The normalized spacial score (nSPS) is 30.3. The van der Waals surface area contributed by atoms with Gasteiger partial charge in [-0.2, -0.15) is 0 Å². The molecule has 0 aromatic heterocycles. The molecule has 1 N–H and O–H groups in total. The van der Waals surface area contributed by atoms with Crippen LogP contribution in [0.1, 0.15) is 60.3 Å². The van der Waals surface area contributed by atoms with Crippen molar-refractivity contribution in [1.82, 2.24) is 4.90 Å². The Labute approximate surface area is 120 Å². The van der Waals surface area contributed by atoms with E-state index in [-0.39, 0.29) is 6.10 Å². The predicted octanol–water partition coefficient (Wildman–Crippen LogP) is 3.79. The molecule has 0 saturated heterocycles. The summed E-state index contributed by atoms with van der Waals surface area (Å²) in [5.74, 6) is 2.79. The summed E-state index contributed by atoms with van der Waals surface area (Å²) in [6, 6.07) is 0.617. The Morgan fingerprint density at radius 1 is 1.11 bits per heavy atom. The van der Waals surface area contributed by atoms with Gasteiger partial charge in [-0.15, -0.1) is 0 Å². The summed E-state index contributed by atoms with van der Waals surface area (Å²) in [5.41, 5.74) is 0. The van der Waals surface area contributed by atoms with E-state index >= 15 is 0 Å². The quantitative estimate of drug-likeness (QED) is 0.793. The minimum atomic E-state index is -0.0799. The van der Waals surface area contributed by atoms with Gasteiger partial charge in [0.05, 0.1) is 6.10 Å². The molecule has 114 valence electrons. The van der Waals surface area contributed by atoms with Crippen LogP contribution in [0.3, 0.4) is 0 Å².